The van der Waals surface area contributed by atoms with Gasteiger partial charge in [-0.25, -0.2) is 23.4 Å². The second-order valence-corrected chi connectivity index (χ2v) is 13.9. The number of phosphoric ester groups is 1. The first-order chi connectivity index (χ1) is 22.6. The van der Waals surface area contributed by atoms with Crippen molar-refractivity contribution in [1.29, 1.82) is 10.5 Å². The molecule has 1 heterocycles. The smallest absolute Gasteiger partial charge is 0.463 e. The van der Waals surface area contributed by atoms with Crippen molar-refractivity contribution in [1.82, 2.24) is 0 Å². The summed E-state index contributed by atoms with van der Waals surface area (Å²) in [5.41, 5.74) is -3.66. The zero-order valence-electron chi connectivity index (χ0n) is 26.5. The molecule has 0 N–H and O–H groups in total. The van der Waals surface area contributed by atoms with Crippen LogP contribution in [0.15, 0.2) is 24.3 Å². The number of nitrogens with zero attached hydrogens (tertiary/aromatic N) is 2. The van der Waals surface area contributed by atoms with Crippen LogP contribution < -0.4 is 4.52 Å². The van der Waals surface area contributed by atoms with Crippen molar-refractivity contribution in [2.45, 2.75) is 82.3 Å². The number of ether oxygens (including phenoxy) is 3. The Kier molecular flexibility index (Phi) is 10.9. The van der Waals surface area contributed by atoms with E-state index in [0.717, 1.165) is 32.1 Å². The number of carbonyl (C=O) groups is 2. The lowest BCUT2D eigenvalue weighted by Crippen LogP contribution is -2.76. The molecule has 47 heavy (non-hydrogen) atoms. The summed E-state index contributed by atoms with van der Waals surface area (Å²) in [7, 11) is -4.27. The number of alkyl halides is 1. The lowest BCUT2D eigenvalue weighted by Gasteiger charge is -2.69. The summed E-state index contributed by atoms with van der Waals surface area (Å²) in [5, 5.41) is 17.8. The molecule has 6 rings (SSSR count). The Morgan fingerprint density at radius 1 is 0.936 bits per heavy atom. The second kappa shape index (κ2) is 14.6. The van der Waals surface area contributed by atoms with Crippen LogP contribution in [-0.4, -0.2) is 56.2 Å². The molecule has 0 aromatic heterocycles. The van der Waals surface area contributed by atoms with E-state index >= 15 is 4.39 Å². The molecule has 1 unspecified atom stereocenters. The summed E-state index contributed by atoms with van der Waals surface area (Å²) in [6.07, 6.45) is 3.89. The van der Waals surface area contributed by atoms with Gasteiger partial charge in [-0.15, -0.1) is 0 Å². The second-order valence-electron chi connectivity index (χ2n) is 12.3. The molecule has 5 aliphatic rings. The number of rotatable bonds is 17. The van der Waals surface area contributed by atoms with Crippen LogP contribution in [0.3, 0.4) is 0 Å². The molecule has 1 saturated heterocycles. The number of benzene rings is 1. The first-order valence-corrected chi connectivity index (χ1v) is 17.5. The van der Waals surface area contributed by atoms with E-state index in [1.54, 1.807) is 12.1 Å². The minimum absolute atomic E-state index is 0.0510. The highest BCUT2D eigenvalue weighted by Gasteiger charge is 2.77. The van der Waals surface area contributed by atoms with Gasteiger partial charge in [-0.1, -0.05) is 12.1 Å². The van der Waals surface area contributed by atoms with Gasteiger partial charge in [0.25, 0.3) is 5.79 Å². The van der Waals surface area contributed by atoms with Crippen LogP contribution in [0.4, 0.5) is 4.39 Å². The number of phosphoric acid groups is 1. The van der Waals surface area contributed by atoms with Crippen LogP contribution in [0.25, 0.3) is 0 Å². The van der Waals surface area contributed by atoms with Crippen molar-refractivity contribution >= 4 is 19.8 Å². The summed E-state index contributed by atoms with van der Waals surface area (Å²) in [6, 6.07) is 10.2. The van der Waals surface area contributed by atoms with E-state index < -0.39 is 49.8 Å². The molecule has 256 valence electrons. The summed E-state index contributed by atoms with van der Waals surface area (Å²) < 4.78 is 62.1. The van der Waals surface area contributed by atoms with Crippen molar-refractivity contribution in [2.75, 3.05) is 33.0 Å². The van der Waals surface area contributed by atoms with Crippen LogP contribution in [0.1, 0.15) is 70.8 Å². The highest BCUT2D eigenvalue weighted by molar-refractivity contribution is 7.48. The third kappa shape index (κ3) is 6.65. The van der Waals surface area contributed by atoms with Crippen LogP contribution in [0.5, 0.6) is 5.75 Å². The van der Waals surface area contributed by atoms with E-state index in [2.05, 4.69) is 0 Å². The Balaban J connectivity index is 1.47. The molecule has 1 aromatic rings. The van der Waals surface area contributed by atoms with Crippen molar-refractivity contribution in [3.05, 3.63) is 29.8 Å². The Morgan fingerprint density at radius 2 is 1.51 bits per heavy atom. The number of halogens is 1. The molecule has 1 aliphatic heterocycles. The van der Waals surface area contributed by atoms with Gasteiger partial charge in [-0.2, -0.15) is 15.4 Å². The summed E-state index contributed by atoms with van der Waals surface area (Å²) >= 11 is 0. The van der Waals surface area contributed by atoms with Crippen LogP contribution in [-0.2, 0) is 53.0 Å². The fraction of sp³-hybridized carbons (Fsp3) is 0.688. The third-order valence-electron chi connectivity index (χ3n) is 9.47. The quantitative estimate of drug-likeness (QED) is 0.0657. The van der Waals surface area contributed by atoms with E-state index in [1.807, 2.05) is 12.1 Å². The third-order valence-corrected chi connectivity index (χ3v) is 10.9. The lowest BCUT2D eigenvalue weighted by atomic mass is 9.47. The summed E-state index contributed by atoms with van der Waals surface area (Å²) in [4.78, 5) is 37.3. The molecule has 4 bridgehead atoms. The van der Waals surface area contributed by atoms with E-state index in [9.17, 15) is 14.2 Å². The fourth-order valence-corrected chi connectivity index (χ4v) is 8.94. The number of esters is 2. The van der Waals surface area contributed by atoms with Gasteiger partial charge < -0.3 is 18.7 Å². The van der Waals surface area contributed by atoms with Gasteiger partial charge in [-0.3, -0.25) is 9.05 Å². The van der Waals surface area contributed by atoms with Gasteiger partial charge in [0.05, 0.1) is 58.0 Å². The Hall–Kier alpha value is -3.10. The van der Waals surface area contributed by atoms with Gasteiger partial charge in [-0.05, 0) is 81.8 Å². The molecule has 1 aromatic carbocycles. The van der Waals surface area contributed by atoms with Crippen molar-refractivity contribution in [3.8, 4) is 17.9 Å². The monoisotopic (exact) mass is 678 g/mol. The van der Waals surface area contributed by atoms with Crippen molar-refractivity contribution in [3.63, 3.8) is 0 Å². The highest BCUT2D eigenvalue weighted by atomic mass is 31.2. The normalized spacial score (nSPS) is 29.0. The molecule has 1 atom stereocenters. The first-order valence-electron chi connectivity index (χ1n) is 16.1. The Morgan fingerprint density at radius 3 is 2.00 bits per heavy atom. The summed E-state index contributed by atoms with van der Waals surface area (Å²) in [6.45, 7) is 1.80. The maximum Gasteiger partial charge on any atom is 0.530 e. The van der Waals surface area contributed by atoms with E-state index in [4.69, 9.17) is 48.1 Å². The van der Waals surface area contributed by atoms with E-state index in [-0.39, 0.29) is 56.9 Å². The number of nitriles is 2. The maximum absolute atomic E-state index is 16.1. The molecule has 4 aliphatic carbocycles. The van der Waals surface area contributed by atoms with Crippen LogP contribution in [0, 0.1) is 46.3 Å². The number of carbonyl (C=O) groups excluding carboxylic acids is 2. The molecule has 15 heteroatoms. The fourth-order valence-electron chi connectivity index (χ4n) is 7.76. The van der Waals surface area contributed by atoms with E-state index in [0.29, 0.717) is 17.4 Å². The van der Waals surface area contributed by atoms with Crippen molar-refractivity contribution in [2.24, 2.45) is 23.7 Å². The zero-order valence-corrected chi connectivity index (χ0v) is 27.4. The molecular weight excluding hydrogens is 638 g/mol. The molecule has 4 saturated carbocycles. The molecular formula is C32H40FN2O11P. The van der Waals surface area contributed by atoms with Gasteiger partial charge >= 0.3 is 25.4 Å². The SMILES string of the molecule is CCOC(=O)C(F)(CCOC1(c2cccc(OP(=O)(OCCC#N)OCCC#N)c2)OOC12C1CC3CC(C1)CC2C3)C(=O)OCC. The van der Waals surface area contributed by atoms with E-state index in [1.165, 1.54) is 26.0 Å². The maximum atomic E-state index is 16.1. The largest absolute Gasteiger partial charge is 0.530 e. The average Bonchev–Trinajstić information content (AvgIpc) is 3.02. The minimum atomic E-state index is -4.27. The Bertz CT molecular complexity index is 1370. The van der Waals surface area contributed by atoms with Crippen LogP contribution >= 0.6 is 7.82 Å². The molecule has 13 nitrogen and oxygen atoms in total. The average molecular weight is 679 g/mol. The number of hydrogen-bond acceptors (Lipinski definition) is 13. The standard InChI is InChI=1S/C32H40FN2O11P/c1-3-39-28(36)30(33,29(37)40-4-2)10-15-41-32(31(45-46-32)25-17-22-16-23(19-25)20-26(31)18-22)24-8-5-9-27(21-24)44-47(38,42-13-6-11-34)43-14-7-12-35/h5,8-9,21-23,25-26H,3-4,6-7,10,13-20H2,1-2H3. The topological polar surface area (TPSA) is 173 Å². The molecule has 1 spiro atoms. The van der Waals surface area contributed by atoms with Crippen molar-refractivity contribution < 1.29 is 56.1 Å². The minimum Gasteiger partial charge on any atom is -0.463 e. The zero-order chi connectivity index (χ0) is 33.7. The predicted molar refractivity (Wildman–Crippen MR) is 158 cm³/mol. The summed E-state index contributed by atoms with van der Waals surface area (Å²) in [5.74, 6) is -3.09. The van der Waals surface area contributed by atoms with Gasteiger partial charge in [0.2, 0.25) is 0 Å². The lowest BCUT2D eigenvalue weighted by molar-refractivity contribution is -0.648. The molecule has 0 amide bonds. The molecule has 0 radical (unpaired) electrons. The highest BCUT2D eigenvalue weighted by Crippen LogP contribution is 2.69. The van der Waals surface area contributed by atoms with Gasteiger partial charge in [0.15, 0.2) is 5.60 Å². The van der Waals surface area contributed by atoms with Crippen LogP contribution in [0.2, 0.25) is 0 Å². The van der Waals surface area contributed by atoms with Gasteiger partial charge in [0.1, 0.15) is 5.75 Å². The first kappa shape index (κ1) is 35.2. The Labute approximate surface area is 273 Å². The predicted octanol–water partition coefficient (Wildman–Crippen LogP) is 5.58. The molecule has 5 fully saturated rings. The number of hydrogen-bond donors (Lipinski definition) is 0. The van der Waals surface area contributed by atoms with Gasteiger partial charge in [0, 0.05) is 12.0 Å².